The zero-order valence-electron chi connectivity index (χ0n) is 21.6. The Kier molecular flexibility index (Phi) is 6.91. The van der Waals surface area contributed by atoms with Crippen LogP contribution in [0.4, 0.5) is 14.5 Å². The Balaban J connectivity index is 1.08. The van der Waals surface area contributed by atoms with Gasteiger partial charge in [-0.15, -0.1) is 10.2 Å². The Morgan fingerprint density at radius 2 is 1.34 bits per heavy atom. The number of hydrogen-bond donors (Lipinski definition) is 0. The highest BCUT2D eigenvalue weighted by molar-refractivity contribution is 5.65. The molecule has 3 heterocycles. The summed E-state index contributed by atoms with van der Waals surface area (Å²) in [6.07, 6.45) is 1.06. The highest BCUT2D eigenvalue weighted by Crippen LogP contribution is 2.33. The van der Waals surface area contributed by atoms with Gasteiger partial charge < -0.3 is 9.80 Å². The zero-order valence-corrected chi connectivity index (χ0v) is 21.6. The molecule has 0 spiro atoms. The van der Waals surface area contributed by atoms with Crippen molar-refractivity contribution in [2.24, 2.45) is 0 Å². The second-order valence-corrected chi connectivity index (χ2v) is 10.1. The van der Waals surface area contributed by atoms with Crippen LogP contribution in [0.15, 0.2) is 72.8 Å². The van der Waals surface area contributed by atoms with Crippen LogP contribution in [0.2, 0.25) is 0 Å². The largest absolute Gasteiger partial charge is 0.362 e. The molecule has 0 radical (unpaired) electrons. The van der Waals surface area contributed by atoms with Gasteiger partial charge in [0.15, 0.2) is 5.82 Å². The fourth-order valence-corrected chi connectivity index (χ4v) is 5.83. The SMILES string of the molecule is Cc1nnc2n1-c1ccccc1N(CCCN1CCN(C(c3ccc(F)cc3)c3ccc(F)cc3)CC1)C2. The van der Waals surface area contributed by atoms with Gasteiger partial charge in [0.2, 0.25) is 0 Å². The first kappa shape index (κ1) is 24.7. The number of benzene rings is 3. The molecule has 8 heteroatoms. The van der Waals surface area contributed by atoms with Crippen molar-refractivity contribution in [3.63, 3.8) is 0 Å². The van der Waals surface area contributed by atoms with E-state index in [1.54, 1.807) is 0 Å². The van der Waals surface area contributed by atoms with Crippen LogP contribution in [0.25, 0.3) is 5.69 Å². The monoisotopic (exact) mass is 514 g/mol. The average Bonchev–Trinajstić information content (AvgIpc) is 3.32. The standard InChI is InChI=1S/C30H32F2N6/c1-22-33-34-29-21-37(27-5-2-3-6-28(27)38(22)29)16-4-15-35-17-19-36(20-18-35)30(23-7-11-25(31)12-8-23)24-9-13-26(32)14-10-24/h2-3,5-14,30H,4,15-21H2,1H3. The van der Waals surface area contributed by atoms with E-state index in [0.29, 0.717) is 0 Å². The molecular formula is C30H32F2N6. The van der Waals surface area contributed by atoms with Gasteiger partial charge in [0.1, 0.15) is 17.5 Å². The zero-order chi connectivity index (χ0) is 26.1. The van der Waals surface area contributed by atoms with Gasteiger partial charge in [0, 0.05) is 32.7 Å². The molecule has 1 aromatic heterocycles. The van der Waals surface area contributed by atoms with Crippen molar-refractivity contribution in [2.75, 3.05) is 44.2 Å². The second-order valence-electron chi connectivity index (χ2n) is 10.1. The molecule has 1 saturated heterocycles. The van der Waals surface area contributed by atoms with E-state index in [1.165, 1.54) is 30.0 Å². The van der Waals surface area contributed by atoms with Gasteiger partial charge in [-0.2, -0.15) is 0 Å². The molecule has 0 saturated carbocycles. The molecule has 4 aromatic rings. The maximum Gasteiger partial charge on any atom is 0.157 e. The van der Waals surface area contributed by atoms with E-state index in [4.69, 9.17) is 0 Å². The van der Waals surface area contributed by atoms with Gasteiger partial charge in [-0.3, -0.25) is 9.47 Å². The number of piperazine rings is 1. The molecule has 0 N–H and O–H groups in total. The molecule has 0 aliphatic carbocycles. The molecule has 0 unspecified atom stereocenters. The van der Waals surface area contributed by atoms with E-state index in [-0.39, 0.29) is 17.7 Å². The van der Waals surface area contributed by atoms with Gasteiger partial charge >= 0.3 is 0 Å². The highest BCUT2D eigenvalue weighted by Gasteiger charge is 2.28. The Bertz CT molecular complexity index is 1330. The number of aromatic nitrogens is 3. The number of fused-ring (bicyclic) bond motifs is 3. The summed E-state index contributed by atoms with van der Waals surface area (Å²) in [5.74, 6) is 1.42. The summed E-state index contributed by atoms with van der Waals surface area (Å²) in [7, 11) is 0. The van der Waals surface area contributed by atoms with E-state index in [1.807, 2.05) is 31.2 Å². The minimum absolute atomic E-state index is 0.0241. The van der Waals surface area contributed by atoms with Crippen LogP contribution in [-0.4, -0.2) is 63.8 Å². The molecule has 0 bridgehead atoms. The summed E-state index contributed by atoms with van der Waals surface area (Å²) >= 11 is 0. The number of hydrogen-bond acceptors (Lipinski definition) is 5. The van der Waals surface area contributed by atoms with Crippen LogP contribution in [0.5, 0.6) is 0 Å². The first-order chi connectivity index (χ1) is 18.6. The minimum Gasteiger partial charge on any atom is -0.362 e. The fourth-order valence-electron chi connectivity index (χ4n) is 5.83. The van der Waals surface area contributed by atoms with Crippen molar-refractivity contribution < 1.29 is 8.78 Å². The lowest BCUT2D eigenvalue weighted by molar-refractivity contribution is 0.109. The average molecular weight is 515 g/mol. The predicted octanol–water partition coefficient (Wildman–Crippen LogP) is 4.97. The summed E-state index contributed by atoms with van der Waals surface area (Å²) in [5, 5.41) is 8.70. The van der Waals surface area contributed by atoms with Crippen LogP contribution in [0.1, 0.15) is 35.2 Å². The third-order valence-electron chi connectivity index (χ3n) is 7.73. The van der Waals surface area contributed by atoms with E-state index in [2.05, 4.69) is 53.7 Å². The molecular weight excluding hydrogens is 482 g/mol. The first-order valence-electron chi connectivity index (χ1n) is 13.3. The number of aryl methyl sites for hydroxylation is 1. The van der Waals surface area contributed by atoms with E-state index in [0.717, 1.165) is 80.7 Å². The van der Waals surface area contributed by atoms with Gasteiger partial charge in [0.25, 0.3) is 0 Å². The van der Waals surface area contributed by atoms with Crippen molar-refractivity contribution in [1.29, 1.82) is 0 Å². The number of halogens is 2. The summed E-state index contributed by atoms with van der Waals surface area (Å²) in [4.78, 5) is 7.35. The lowest BCUT2D eigenvalue weighted by Gasteiger charge is -2.40. The van der Waals surface area contributed by atoms with Gasteiger partial charge in [-0.1, -0.05) is 36.4 Å². The van der Waals surface area contributed by atoms with Crippen LogP contribution in [0, 0.1) is 18.6 Å². The lowest BCUT2D eigenvalue weighted by atomic mass is 9.96. The van der Waals surface area contributed by atoms with E-state index >= 15 is 0 Å². The quantitative estimate of drug-likeness (QED) is 0.348. The van der Waals surface area contributed by atoms with Crippen LogP contribution in [-0.2, 0) is 6.54 Å². The maximum absolute atomic E-state index is 13.6. The Hall–Kier alpha value is -3.62. The molecule has 1 fully saturated rings. The third-order valence-corrected chi connectivity index (χ3v) is 7.73. The van der Waals surface area contributed by atoms with Crippen molar-refractivity contribution in [1.82, 2.24) is 24.6 Å². The van der Waals surface area contributed by atoms with Crippen molar-refractivity contribution in [3.05, 3.63) is 107 Å². The second kappa shape index (κ2) is 10.6. The van der Waals surface area contributed by atoms with Gasteiger partial charge in [-0.05, 0) is 67.4 Å². The topological polar surface area (TPSA) is 40.4 Å². The lowest BCUT2D eigenvalue weighted by Crippen LogP contribution is -2.48. The summed E-state index contributed by atoms with van der Waals surface area (Å²) in [6.45, 7) is 8.46. The summed E-state index contributed by atoms with van der Waals surface area (Å²) in [6, 6.07) is 21.8. The smallest absolute Gasteiger partial charge is 0.157 e. The number of rotatable bonds is 7. The Labute approximate surface area is 222 Å². The minimum atomic E-state index is -0.247. The molecule has 0 amide bonds. The number of nitrogens with zero attached hydrogens (tertiary/aromatic N) is 6. The molecule has 6 rings (SSSR count). The van der Waals surface area contributed by atoms with Gasteiger partial charge in [0.05, 0.1) is 24.0 Å². The van der Waals surface area contributed by atoms with E-state index in [9.17, 15) is 8.78 Å². The normalized spacial score (nSPS) is 16.1. The molecule has 2 aliphatic rings. The molecule has 196 valence electrons. The summed E-state index contributed by atoms with van der Waals surface area (Å²) < 4.78 is 29.4. The van der Waals surface area contributed by atoms with Crippen LogP contribution in [0.3, 0.4) is 0 Å². The molecule has 6 nitrogen and oxygen atoms in total. The first-order valence-corrected chi connectivity index (χ1v) is 13.3. The third kappa shape index (κ3) is 4.93. The van der Waals surface area contributed by atoms with Crippen LogP contribution < -0.4 is 4.90 Å². The molecule has 2 aliphatic heterocycles. The number of anilines is 1. The molecule has 38 heavy (non-hydrogen) atoms. The Morgan fingerprint density at radius 1 is 0.737 bits per heavy atom. The molecule has 3 aromatic carbocycles. The van der Waals surface area contributed by atoms with Gasteiger partial charge in [-0.25, -0.2) is 8.78 Å². The Morgan fingerprint density at radius 3 is 1.97 bits per heavy atom. The summed E-state index contributed by atoms with van der Waals surface area (Å²) in [5.41, 5.74) is 4.43. The number of para-hydroxylation sites is 2. The maximum atomic E-state index is 13.6. The fraction of sp³-hybridized carbons (Fsp3) is 0.333. The van der Waals surface area contributed by atoms with Crippen molar-refractivity contribution in [3.8, 4) is 5.69 Å². The molecule has 0 atom stereocenters. The van der Waals surface area contributed by atoms with Crippen molar-refractivity contribution in [2.45, 2.75) is 25.9 Å². The van der Waals surface area contributed by atoms with E-state index < -0.39 is 0 Å². The van der Waals surface area contributed by atoms with Crippen LogP contribution >= 0.6 is 0 Å². The highest BCUT2D eigenvalue weighted by atomic mass is 19.1. The predicted molar refractivity (Wildman–Crippen MR) is 144 cm³/mol. The van der Waals surface area contributed by atoms with Crippen molar-refractivity contribution >= 4 is 5.69 Å².